The number of rotatable bonds is 9. The summed E-state index contributed by atoms with van der Waals surface area (Å²) in [6.07, 6.45) is 0.979. The van der Waals surface area contributed by atoms with Crippen molar-refractivity contribution in [3.63, 3.8) is 0 Å². The molecule has 26 heavy (non-hydrogen) atoms. The van der Waals surface area contributed by atoms with Gasteiger partial charge in [-0.2, -0.15) is 0 Å². The molecular formula is C19H21F3N2O2. The zero-order valence-electron chi connectivity index (χ0n) is 14.5. The van der Waals surface area contributed by atoms with Crippen LogP contribution in [0.3, 0.4) is 0 Å². The highest BCUT2D eigenvalue weighted by atomic mass is 19.2. The molecule has 0 unspecified atom stereocenters. The summed E-state index contributed by atoms with van der Waals surface area (Å²) < 4.78 is 44.2. The Bertz CT molecular complexity index is 723. The number of hydrogen-bond acceptors (Lipinski definition) is 3. The quantitative estimate of drug-likeness (QED) is 0.686. The fraction of sp³-hybridized carbons (Fsp3) is 0.316. The molecule has 0 heterocycles. The molecule has 4 nitrogen and oxygen atoms in total. The van der Waals surface area contributed by atoms with Gasteiger partial charge in [0, 0.05) is 31.3 Å². The zero-order chi connectivity index (χ0) is 18.9. The number of anilines is 1. The summed E-state index contributed by atoms with van der Waals surface area (Å²) in [7, 11) is 1.88. The molecule has 1 N–H and O–H groups in total. The van der Waals surface area contributed by atoms with Crippen molar-refractivity contribution in [1.82, 2.24) is 4.90 Å². The number of amides is 1. The molecule has 0 fully saturated rings. The van der Waals surface area contributed by atoms with Crippen LogP contribution in [0.15, 0.2) is 42.5 Å². The van der Waals surface area contributed by atoms with E-state index < -0.39 is 11.6 Å². The number of hydrogen-bond donors (Lipinski definition) is 1. The normalized spacial score (nSPS) is 10.8. The maximum absolute atomic E-state index is 13.1. The molecule has 0 aliphatic carbocycles. The fourth-order valence-corrected chi connectivity index (χ4v) is 2.26. The van der Waals surface area contributed by atoms with Gasteiger partial charge in [0.1, 0.15) is 11.6 Å². The monoisotopic (exact) mass is 366 g/mol. The molecule has 7 heteroatoms. The van der Waals surface area contributed by atoms with Crippen molar-refractivity contribution in [1.29, 1.82) is 0 Å². The summed E-state index contributed by atoms with van der Waals surface area (Å²) in [6, 6.07) is 9.05. The van der Waals surface area contributed by atoms with Crippen LogP contribution in [0.1, 0.15) is 12.8 Å². The second kappa shape index (κ2) is 9.82. The summed E-state index contributed by atoms with van der Waals surface area (Å²) in [6.45, 7) is 1.72. The lowest BCUT2D eigenvalue weighted by molar-refractivity contribution is -0.116. The Hall–Kier alpha value is -2.54. The first-order valence-corrected chi connectivity index (χ1v) is 8.26. The topological polar surface area (TPSA) is 41.6 Å². The molecule has 2 aromatic rings. The van der Waals surface area contributed by atoms with Gasteiger partial charge in [-0.3, -0.25) is 4.79 Å². The molecule has 2 aromatic carbocycles. The highest BCUT2D eigenvalue weighted by Crippen LogP contribution is 2.13. The lowest BCUT2D eigenvalue weighted by Gasteiger charge is -2.16. The van der Waals surface area contributed by atoms with E-state index in [2.05, 4.69) is 5.32 Å². The van der Waals surface area contributed by atoms with Crippen LogP contribution < -0.4 is 10.1 Å². The van der Waals surface area contributed by atoms with Crippen LogP contribution in [0.25, 0.3) is 0 Å². The molecule has 0 radical (unpaired) electrons. The molecule has 0 atom stereocenters. The van der Waals surface area contributed by atoms with Crippen molar-refractivity contribution >= 4 is 11.6 Å². The van der Waals surface area contributed by atoms with Crippen molar-refractivity contribution in [2.45, 2.75) is 12.8 Å². The number of nitrogens with zero attached hydrogens (tertiary/aromatic N) is 1. The summed E-state index contributed by atoms with van der Waals surface area (Å²) in [4.78, 5) is 13.8. The van der Waals surface area contributed by atoms with E-state index in [1.165, 1.54) is 18.2 Å². The van der Waals surface area contributed by atoms with Crippen LogP contribution in [0, 0.1) is 17.5 Å². The van der Waals surface area contributed by atoms with Gasteiger partial charge < -0.3 is 15.0 Å². The average Bonchev–Trinajstić information content (AvgIpc) is 2.61. The van der Waals surface area contributed by atoms with Gasteiger partial charge in [0.05, 0.1) is 6.61 Å². The highest BCUT2D eigenvalue weighted by molar-refractivity contribution is 5.90. The lowest BCUT2D eigenvalue weighted by atomic mass is 10.2. The van der Waals surface area contributed by atoms with Crippen molar-refractivity contribution in [2.24, 2.45) is 0 Å². The molecule has 0 aliphatic rings. The van der Waals surface area contributed by atoms with Crippen molar-refractivity contribution in [3.05, 3.63) is 59.9 Å². The molecule has 0 bridgehead atoms. The molecule has 0 saturated carbocycles. The van der Waals surface area contributed by atoms with Crippen LogP contribution in [0.5, 0.6) is 5.75 Å². The minimum absolute atomic E-state index is 0.226. The number of halogens is 3. The molecule has 0 aliphatic heterocycles. The second-order valence-electron chi connectivity index (χ2n) is 5.89. The van der Waals surface area contributed by atoms with E-state index in [0.717, 1.165) is 25.1 Å². The molecule has 0 aromatic heterocycles. The molecule has 0 saturated heterocycles. The average molecular weight is 366 g/mol. The van der Waals surface area contributed by atoms with Crippen molar-refractivity contribution in [3.8, 4) is 5.75 Å². The predicted molar refractivity (Wildman–Crippen MR) is 93.6 cm³/mol. The molecular weight excluding hydrogens is 345 g/mol. The Kier molecular flexibility index (Phi) is 7.47. The van der Waals surface area contributed by atoms with Gasteiger partial charge in [-0.15, -0.1) is 0 Å². The lowest BCUT2D eigenvalue weighted by Crippen LogP contribution is -2.26. The highest BCUT2D eigenvalue weighted by Gasteiger charge is 2.08. The minimum Gasteiger partial charge on any atom is -0.494 e. The standard InChI is InChI=1S/C19H21F3N2O2/c1-24(10-2-12-26-16-6-3-14(20)4-7-16)11-9-19(25)23-15-5-8-17(21)18(22)13-15/h3-8,13H,2,9-12H2,1H3,(H,23,25). The smallest absolute Gasteiger partial charge is 0.225 e. The summed E-state index contributed by atoms with van der Waals surface area (Å²) in [5.41, 5.74) is 0.226. The maximum atomic E-state index is 13.1. The van der Waals surface area contributed by atoms with E-state index in [9.17, 15) is 18.0 Å². The second-order valence-corrected chi connectivity index (χ2v) is 5.89. The Balaban J connectivity index is 1.61. The molecule has 2 rings (SSSR count). The summed E-state index contributed by atoms with van der Waals surface area (Å²) in [5.74, 6) is -1.92. The first-order valence-electron chi connectivity index (χ1n) is 8.26. The first-order chi connectivity index (χ1) is 12.4. The Labute approximate surface area is 150 Å². The summed E-state index contributed by atoms with van der Waals surface area (Å²) >= 11 is 0. The number of ether oxygens (including phenoxy) is 1. The van der Waals surface area contributed by atoms with Gasteiger partial charge in [-0.1, -0.05) is 0 Å². The Morgan fingerprint density at radius 1 is 1.04 bits per heavy atom. The Morgan fingerprint density at radius 2 is 1.77 bits per heavy atom. The Morgan fingerprint density at radius 3 is 2.46 bits per heavy atom. The summed E-state index contributed by atoms with van der Waals surface area (Å²) in [5, 5.41) is 2.53. The number of carbonyl (C=O) groups excluding carboxylic acids is 1. The predicted octanol–water partition coefficient (Wildman–Crippen LogP) is 3.83. The first kappa shape index (κ1) is 19.8. The van der Waals surface area contributed by atoms with Gasteiger partial charge in [-0.25, -0.2) is 13.2 Å². The number of benzene rings is 2. The van der Waals surface area contributed by atoms with E-state index in [1.54, 1.807) is 12.1 Å². The van der Waals surface area contributed by atoms with E-state index in [-0.39, 0.29) is 23.8 Å². The van der Waals surface area contributed by atoms with Crippen LogP contribution in [-0.2, 0) is 4.79 Å². The third kappa shape index (κ3) is 6.76. The number of nitrogens with one attached hydrogen (secondary N) is 1. The van der Waals surface area contributed by atoms with Gasteiger partial charge in [-0.05, 0) is 49.9 Å². The van der Waals surface area contributed by atoms with Crippen LogP contribution >= 0.6 is 0 Å². The number of carbonyl (C=O) groups is 1. The zero-order valence-corrected chi connectivity index (χ0v) is 14.5. The molecule has 0 spiro atoms. The van der Waals surface area contributed by atoms with E-state index in [4.69, 9.17) is 4.74 Å². The molecule has 140 valence electrons. The van der Waals surface area contributed by atoms with Gasteiger partial charge in [0.25, 0.3) is 0 Å². The van der Waals surface area contributed by atoms with Crippen LogP contribution in [0.2, 0.25) is 0 Å². The van der Waals surface area contributed by atoms with E-state index in [1.807, 2.05) is 11.9 Å². The SMILES string of the molecule is CN(CCCOc1ccc(F)cc1)CCC(=O)Nc1ccc(F)c(F)c1. The molecule has 1 amide bonds. The van der Waals surface area contributed by atoms with E-state index >= 15 is 0 Å². The van der Waals surface area contributed by atoms with Gasteiger partial charge >= 0.3 is 0 Å². The van der Waals surface area contributed by atoms with Gasteiger partial charge in [0.15, 0.2) is 11.6 Å². The maximum Gasteiger partial charge on any atom is 0.225 e. The minimum atomic E-state index is -0.999. The van der Waals surface area contributed by atoms with Crippen LogP contribution in [-0.4, -0.2) is 37.6 Å². The largest absolute Gasteiger partial charge is 0.494 e. The van der Waals surface area contributed by atoms with Crippen molar-refractivity contribution in [2.75, 3.05) is 32.1 Å². The fourth-order valence-electron chi connectivity index (χ4n) is 2.26. The van der Waals surface area contributed by atoms with Gasteiger partial charge in [0.2, 0.25) is 5.91 Å². The van der Waals surface area contributed by atoms with E-state index in [0.29, 0.717) is 18.9 Å². The van der Waals surface area contributed by atoms with Crippen LogP contribution in [0.4, 0.5) is 18.9 Å². The third-order valence-electron chi connectivity index (χ3n) is 3.69. The van der Waals surface area contributed by atoms with Crippen molar-refractivity contribution < 1.29 is 22.7 Å². The third-order valence-corrected chi connectivity index (χ3v) is 3.69.